The summed E-state index contributed by atoms with van der Waals surface area (Å²) >= 11 is 1.74. The van der Waals surface area contributed by atoms with E-state index >= 15 is 0 Å². The first-order valence-corrected chi connectivity index (χ1v) is 9.31. The van der Waals surface area contributed by atoms with Gasteiger partial charge in [0.05, 0.1) is 5.56 Å². The predicted octanol–water partition coefficient (Wildman–Crippen LogP) is 4.30. The van der Waals surface area contributed by atoms with Crippen LogP contribution in [0.25, 0.3) is 22.6 Å². The second-order valence-electron chi connectivity index (χ2n) is 6.31. The Labute approximate surface area is 152 Å². The molecule has 4 rings (SSSR count). The average molecular weight is 344 g/mol. The number of thioether (sulfide) groups is 1. The minimum Gasteiger partial charge on any atom is -0.216 e. The molecule has 0 bridgehead atoms. The van der Waals surface area contributed by atoms with Crippen molar-refractivity contribution in [2.75, 3.05) is 5.75 Å². The molecule has 0 aliphatic carbocycles. The van der Waals surface area contributed by atoms with Crippen LogP contribution in [-0.4, -0.2) is 10.7 Å². The van der Waals surface area contributed by atoms with Crippen molar-refractivity contribution in [1.82, 2.24) is 4.98 Å². The molecule has 3 nitrogen and oxygen atoms in total. The number of aromatic nitrogens is 2. The zero-order valence-corrected chi connectivity index (χ0v) is 15.1. The summed E-state index contributed by atoms with van der Waals surface area (Å²) in [6, 6.07) is 19.1. The standard InChI is InChI=1S/C21H18N3S/c1-14-3-7-16(8-4-14)19-18(13-22)21-24(11-12-25-21)20(23-19)17-9-5-15(2)6-10-17/h3-10H,11-12H2,1-2H3/q+1. The van der Waals surface area contributed by atoms with Crippen LogP contribution in [0.15, 0.2) is 53.6 Å². The highest BCUT2D eigenvalue weighted by Gasteiger charge is 2.32. The highest BCUT2D eigenvalue weighted by molar-refractivity contribution is 7.99. The number of hydrogen-bond acceptors (Lipinski definition) is 3. The first kappa shape index (κ1) is 15.9. The van der Waals surface area contributed by atoms with E-state index in [1.165, 1.54) is 11.1 Å². The van der Waals surface area contributed by atoms with Gasteiger partial charge in [0.1, 0.15) is 12.6 Å². The molecule has 25 heavy (non-hydrogen) atoms. The van der Waals surface area contributed by atoms with E-state index in [-0.39, 0.29) is 0 Å². The number of nitrogens with zero attached hydrogens (tertiary/aromatic N) is 3. The van der Waals surface area contributed by atoms with E-state index in [0.717, 1.165) is 40.0 Å². The Bertz CT molecular complexity index is 984. The number of nitriles is 1. The fourth-order valence-electron chi connectivity index (χ4n) is 3.09. The van der Waals surface area contributed by atoms with Crippen molar-refractivity contribution in [2.45, 2.75) is 25.4 Å². The maximum atomic E-state index is 9.78. The predicted molar refractivity (Wildman–Crippen MR) is 100 cm³/mol. The van der Waals surface area contributed by atoms with Gasteiger partial charge in [-0.05, 0) is 31.0 Å². The average Bonchev–Trinajstić information content (AvgIpc) is 3.11. The summed E-state index contributed by atoms with van der Waals surface area (Å²) < 4.78 is 2.19. The van der Waals surface area contributed by atoms with Crippen LogP contribution in [0.3, 0.4) is 0 Å². The Kier molecular flexibility index (Phi) is 4.03. The van der Waals surface area contributed by atoms with Crippen LogP contribution in [-0.2, 0) is 6.54 Å². The molecule has 2 aromatic carbocycles. The van der Waals surface area contributed by atoms with Crippen molar-refractivity contribution in [1.29, 1.82) is 5.26 Å². The van der Waals surface area contributed by atoms with Gasteiger partial charge in [-0.1, -0.05) is 59.3 Å². The van der Waals surface area contributed by atoms with Gasteiger partial charge >= 0.3 is 5.82 Å². The first-order valence-electron chi connectivity index (χ1n) is 8.32. The largest absolute Gasteiger partial charge is 0.331 e. The second-order valence-corrected chi connectivity index (χ2v) is 7.39. The topological polar surface area (TPSA) is 40.6 Å². The number of rotatable bonds is 2. The molecule has 0 saturated carbocycles. The normalized spacial score (nSPS) is 12.7. The Morgan fingerprint density at radius 2 is 1.56 bits per heavy atom. The lowest BCUT2D eigenvalue weighted by molar-refractivity contribution is -0.715. The molecule has 4 heteroatoms. The van der Waals surface area contributed by atoms with Gasteiger partial charge in [0.2, 0.25) is 5.69 Å². The van der Waals surface area contributed by atoms with Crippen LogP contribution >= 0.6 is 11.8 Å². The molecule has 0 radical (unpaired) electrons. The minimum atomic E-state index is 0.683. The minimum absolute atomic E-state index is 0.683. The second kappa shape index (κ2) is 6.34. The van der Waals surface area contributed by atoms with Crippen LogP contribution < -0.4 is 4.57 Å². The smallest absolute Gasteiger partial charge is 0.216 e. The van der Waals surface area contributed by atoms with Crippen LogP contribution in [0, 0.1) is 25.2 Å². The van der Waals surface area contributed by atoms with Crippen molar-refractivity contribution in [3.63, 3.8) is 0 Å². The molecule has 0 N–H and O–H groups in total. The summed E-state index contributed by atoms with van der Waals surface area (Å²) in [7, 11) is 0. The van der Waals surface area contributed by atoms with Crippen LogP contribution in [0.1, 0.15) is 16.7 Å². The van der Waals surface area contributed by atoms with Gasteiger partial charge in [0.25, 0.3) is 0 Å². The first-order chi connectivity index (χ1) is 12.2. The molecule has 0 atom stereocenters. The molecule has 1 aromatic heterocycles. The van der Waals surface area contributed by atoms with E-state index in [9.17, 15) is 5.26 Å². The zero-order valence-electron chi connectivity index (χ0n) is 14.3. The summed E-state index contributed by atoms with van der Waals surface area (Å²) in [6.07, 6.45) is 0. The molecule has 0 fully saturated rings. The third kappa shape index (κ3) is 2.81. The molecular weight excluding hydrogens is 326 g/mol. The highest BCUT2D eigenvalue weighted by atomic mass is 32.2. The van der Waals surface area contributed by atoms with E-state index in [0.29, 0.717) is 5.56 Å². The molecule has 1 aliphatic rings. The molecular formula is C21H18N3S+. The zero-order chi connectivity index (χ0) is 17.4. The van der Waals surface area contributed by atoms with Gasteiger partial charge in [-0.25, -0.2) is 4.57 Å². The van der Waals surface area contributed by atoms with Crippen molar-refractivity contribution < 1.29 is 4.57 Å². The van der Waals surface area contributed by atoms with Gasteiger partial charge < -0.3 is 0 Å². The van der Waals surface area contributed by atoms with E-state index in [1.54, 1.807) is 11.8 Å². The third-order valence-electron chi connectivity index (χ3n) is 4.47. The van der Waals surface area contributed by atoms with E-state index in [1.807, 2.05) is 12.1 Å². The molecule has 0 spiro atoms. The van der Waals surface area contributed by atoms with Crippen molar-refractivity contribution >= 4 is 11.8 Å². The Hall–Kier alpha value is -2.64. The third-order valence-corrected chi connectivity index (χ3v) is 5.55. The lowest BCUT2D eigenvalue weighted by atomic mass is 10.0. The van der Waals surface area contributed by atoms with Gasteiger partial charge in [-0.15, -0.1) is 0 Å². The van der Waals surface area contributed by atoms with Gasteiger partial charge in [-0.2, -0.15) is 5.26 Å². The fourth-order valence-corrected chi connectivity index (χ4v) is 4.18. The monoisotopic (exact) mass is 344 g/mol. The summed E-state index contributed by atoms with van der Waals surface area (Å²) in [5.41, 5.74) is 5.97. The van der Waals surface area contributed by atoms with Crippen LogP contribution in [0.4, 0.5) is 0 Å². The van der Waals surface area contributed by atoms with Gasteiger partial charge in [0.15, 0.2) is 10.6 Å². The number of benzene rings is 2. The molecule has 122 valence electrons. The van der Waals surface area contributed by atoms with Crippen molar-refractivity contribution in [2.24, 2.45) is 0 Å². The van der Waals surface area contributed by atoms with E-state index in [2.05, 4.69) is 60.9 Å². The maximum absolute atomic E-state index is 9.78. The fraction of sp³-hybridized carbons (Fsp3) is 0.190. The molecule has 0 saturated heterocycles. The lowest BCUT2D eigenvalue weighted by Crippen LogP contribution is -2.37. The molecule has 1 aliphatic heterocycles. The molecule has 0 amide bonds. The van der Waals surface area contributed by atoms with Crippen LogP contribution in [0.5, 0.6) is 0 Å². The highest BCUT2D eigenvalue weighted by Crippen LogP contribution is 2.33. The van der Waals surface area contributed by atoms with Gasteiger partial charge in [0, 0.05) is 11.3 Å². The number of aryl methyl sites for hydroxylation is 2. The van der Waals surface area contributed by atoms with E-state index < -0.39 is 0 Å². The summed E-state index contributed by atoms with van der Waals surface area (Å²) in [4.78, 5) is 4.94. The molecule has 3 aromatic rings. The number of hydrogen-bond donors (Lipinski definition) is 0. The van der Waals surface area contributed by atoms with Crippen molar-refractivity contribution in [3.8, 4) is 28.7 Å². The lowest BCUT2D eigenvalue weighted by Gasteiger charge is -2.07. The summed E-state index contributed by atoms with van der Waals surface area (Å²) in [6.45, 7) is 5.04. The Balaban J connectivity index is 1.98. The Morgan fingerprint density at radius 3 is 2.16 bits per heavy atom. The summed E-state index contributed by atoms with van der Waals surface area (Å²) in [5.74, 6) is 1.92. The van der Waals surface area contributed by atoms with Crippen LogP contribution in [0.2, 0.25) is 0 Å². The molecule has 2 heterocycles. The maximum Gasteiger partial charge on any atom is 0.331 e. The SMILES string of the molecule is Cc1ccc(-c2nc(-c3ccc(C)cc3)[n+]3c(c2C#N)SCC3)cc1. The van der Waals surface area contributed by atoms with Gasteiger partial charge in [-0.3, -0.25) is 0 Å². The summed E-state index contributed by atoms with van der Waals surface area (Å²) in [5, 5.41) is 10.8. The molecule has 0 unspecified atom stereocenters. The van der Waals surface area contributed by atoms with Crippen molar-refractivity contribution in [3.05, 3.63) is 65.2 Å². The van der Waals surface area contributed by atoms with E-state index in [4.69, 9.17) is 4.98 Å². The Morgan fingerprint density at radius 1 is 0.960 bits per heavy atom. The quantitative estimate of drug-likeness (QED) is 0.514. The number of fused-ring (bicyclic) bond motifs is 1.